The van der Waals surface area contributed by atoms with Crippen molar-refractivity contribution in [2.45, 2.75) is 6.42 Å². The molecule has 1 amide bonds. The van der Waals surface area contributed by atoms with Gasteiger partial charge in [0.05, 0.1) is 4.47 Å². The van der Waals surface area contributed by atoms with Crippen LogP contribution >= 0.6 is 15.9 Å². The fraction of sp³-hybridized carbons (Fsp3) is 0.235. The minimum atomic E-state index is -1.08. The molecule has 1 N–H and O–H groups in total. The van der Waals surface area contributed by atoms with Gasteiger partial charge in [-0.15, -0.1) is 6.58 Å². The molecule has 0 fully saturated rings. The highest BCUT2D eigenvalue weighted by Gasteiger charge is 2.14. The van der Waals surface area contributed by atoms with Crippen LogP contribution in [0.25, 0.3) is 6.08 Å². The average Bonchev–Trinajstić information content (AvgIpc) is 2.51. The Hall–Kier alpha value is -2.59. The van der Waals surface area contributed by atoms with Crippen LogP contribution in [0.4, 0.5) is 0 Å². The Morgan fingerprint density at radius 2 is 2.12 bits per heavy atom. The average molecular weight is 393 g/mol. The van der Waals surface area contributed by atoms with Crippen LogP contribution in [0.15, 0.2) is 34.8 Å². The highest BCUT2D eigenvalue weighted by atomic mass is 79.9. The molecule has 0 saturated heterocycles. The van der Waals surface area contributed by atoms with Gasteiger partial charge in [-0.1, -0.05) is 6.08 Å². The van der Waals surface area contributed by atoms with Crippen molar-refractivity contribution in [3.8, 4) is 11.8 Å². The summed E-state index contributed by atoms with van der Waals surface area (Å²) in [5.74, 6) is -1.09. The first kappa shape index (κ1) is 19.5. The number of allylic oxidation sites excluding steroid dienone is 1. The zero-order valence-electron chi connectivity index (χ0n) is 13.4. The maximum Gasteiger partial charge on any atom is 0.341 e. The molecule has 0 unspecified atom stereocenters. The number of carbonyl (C=O) groups excluding carboxylic acids is 1. The van der Waals surface area contributed by atoms with Gasteiger partial charge in [0.1, 0.15) is 17.4 Å². The third-order valence-electron chi connectivity index (χ3n) is 2.92. The van der Waals surface area contributed by atoms with Crippen LogP contribution in [0.2, 0.25) is 0 Å². The normalized spacial score (nSPS) is 10.7. The predicted octanol–water partition coefficient (Wildman–Crippen LogP) is 2.64. The number of carbonyl (C=O) groups is 2. The predicted molar refractivity (Wildman–Crippen MR) is 93.5 cm³/mol. The van der Waals surface area contributed by atoms with Gasteiger partial charge >= 0.3 is 5.97 Å². The number of carboxylic acid groups (broad SMARTS) is 1. The highest BCUT2D eigenvalue weighted by Crippen LogP contribution is 2.32. The molecular formula is C17H17BrN2O4. The minimum absolute atomic E-state index is 0.00402. The van der Waals surface area contributed by atoms with Crippen molar-refractivity contribution in [2.24, 2.45) is 0 Å². The fourth-order valence-electron chi connectivity index (χ4n) is 1.91. The van der Waals surface area contributed by atoms with Crippen molar-refractivity contribution in [3.05, 3.63) is 46.0 Å². The summed E-state index contributed by atoms with van der Waals surface area (Å²) in [6.45, 7) is 3.19. The van der Waals surface area contributed by atoms with Crippen LogP contribution in [-0.4, -0.2) is 42.6 Å². The van der Waals surface area contributed by atoms with Crippen molar-refractivity contribution in [1.82, 2.24) is 4.90 Å². The van der Waals surface area contributed by atoms with Crippen LogP contribution in [0, 0.1) is 11.3 Å². The molecule has 126 valence electrons. The van der Waals surface area contributed by atoms with Gasteiger partial charge in [0.25, 0.3) is 5.91 Å². The van der Waals surface area contributed by atoms with E-state index in [0.717, 1.165) is 0 Å². The lowest BCUT2D eigenvalue weighted by atomic mass is 10.0. The summed E-state index contributed by atoms with van der Waals surface area (Å²) in [5.41, 5.74) is 1.31. The van der Waals surface area contributed by atoms with E-state index in [1.54, 1.807) is 32.3 Å². The van der Waals surface area contributed by atoms with Crippen molar-refractivity contribution in [1.29, 1.82) is 5.26 Å². The van der Waals surface area contributed by atoms with E-state index in [4.69, 9.17) is 15.1 Å². The summed E-state index contributed by atoms with van der Waals surface area (Å²) in [7, 11) is 3.13. The SMILES string of the molecule is C=CCc1cc(/C=C(/C#N)C(=O)N(C)C)cc(Br)c1OCC(=O)O. The Kier molecular flexibility index (Phi) is 7.21. The van der Waals surface area contributed by atoms with Crippen LogP contribution in [0.3, 0.4) is 0 Å². The molecule has 0 aromatic heterocycles. The van der Waals surface area contributed by atoms with E-state index in [1.807, 2.05) is 6.07 Å². The quantitative estimate of drug-likeness (QED) is 0.437. The molecule has 0 aliphatic heterocycles. The molecule has 7 heteroatoms. The van der Waals surface area contributed by atoms with E-state index in [9.17, 15) is 9.59 Å². The van der Waals surface area contributed by atoms with E-state index in [1.165, 1.54) is 11.0 Å². The van der Waals surface area contributed by atoms with Crippen molar-refractivity contribution >= 4 is 33.9 Å². The molecule has 0 saturated carbocycles. The molecule has 0 heterocycles. The Morgan fingerprint density at radius 1 is 1.46 bits per heavy atom. The number of ether oxygens (including phenoxy) is 1. The molecule has 0 radical (unpaired) electrons. The summed E-state index contributed by atoms with van der Waals surface area (Å²) in [4.78, 5) is 23.9. The molecule has 1 aromatic rings. The number of rotatable bonds is 7. The summed E-state index contributed by atoms with van der Waals surface area (Å²) in [6.07, 6.45) is 3.57. The largest absolute Gasteiger partial charge is 0.480 e. The third-order valence-corrected chi connectivity index (χ3v) is 3.50. The summed E-state index contributed by atoms with van der Waals surface area (Å²) in [6, 6.07) is 5.27. The lowest BCUT2D eigenvalue weighted by Gasteiger charge is -2.13. The molecule has 0 bridgehead atoms. The van der Waals surface area contributed by atoms with Crippen molar-refractivity contribution in [2.75, 3.05) is 20.7 Å². The summed E-state index contributed by atoms with van der Waals surface area (Å²) in [5, 5.41) is 17.9. The highest BCUT2D eigenvalue weighted by molar-refractivity contribution is 9.10. The molecular weight excluding hydrogens is 376 g/mol. The van der Waals surface area contributed by atoms with Crippen molar-refractivity contribution in [3.63, 3.8) is 0 Å². The monoisotopic (exact) mass is 392 g/mol. The van der Waals surface area contributed by atoms with Gasteiger partial charge in [0, 0.05) is 14.1 Å². The minimum Gasteiger partial charge on any atom is -0.480 e. The Balaban J connectivity index is 3.32. The lowest BCUT2D eigenvalue weighted by Crippen LogP contribution is -2.22. The van der Waals surface area contributed by atoms with Gasteiger partial charge in [-0.3, -0.25) is 4.79 Å². The number of halogens is 1. The zero-order valence-corrected chi connectivity index (χ0v) is 15.0. The Morgan fingerprint density at radius 3 is 2.62 bits per heavy atom. The van der Waals surface area contributed by atoms with Crippen LogP contribution < -0.4 is 4.74 Å². The second-order valence-electron chi connectivity index (χ2n) is 5.04. The van der Waals surface area contributed by atoms with Gasteiger partial charge in [-0.25, -0.2) is 4.79 Å². The van der Waals surface area contributed by atoms with Gasteiger partial charge in [-0.2, -0.15) is 5.26 Å². The van der Waals surface area contributed by atoms with Gasteiger partial charge in [0.2, 0.25) is 0 Å². The molecule has 0 atom stereocenters. The molecule has 1 rings (SSSR count). The van der Waals surface area contributed by atoms with Gasteiger partial charge < -0.3 is 14.7 Å². The number of hydrogen-bond acceptors (Lipinski definition) is 4. The number of likely N-dealkylation sites (N-methyl/N-ethyl adjacent to an activating group) is 1. The lowest BCUT2D eigenvalue weighted by molar-refractivity contribution is -0.139. The molecule has 0 aliphatic carbocycles. The van der Waals surface area contributed by atoms with E-state index < -0.39 is 18.5 Å². The zero-order chi connectivity index (χ0) is 18.3. The number of benzene rings is 1. The first-order chi connectivity index (χ1) is 11.3. The molecule has 24 heavy (non-hydrogen) atoms. The first-order valence-electron chi connectivity index (χ1n) is 6.91. The number of aliphatic carboxylic acids is 1. The van der Waals surface area contributed by atoms with Crippen LogP contribution in [0.1, 0.15) is 11.1 Å². The Bertz CT molecular complexity index is 733. The van der Waals surface area contributed by atoms with Gasteiger partial charge in [0.15, 0.2) is 6.61 Å². The number of hydrogen-bond donors (Lipinski definition) is 1. The molecule has 1 aromatic carbocycles. The standard InChI is InChI=1S/C17H17BrN2O4/c1-4-5-12-6-11(7-13(9-19)17(23)20(2)3)8-14(18)16(12)24-10-15(21)22/h4,6-8H,1,5,10H2,2-3H3,(H,21,22)/b13-7-. The summed E-state index contributed by atoms with van der Waals surface area (Å²) >= 11 is 3.34. The number of amides is 1. The second kappa shape index (κ2) is 8.89. The number of carboxylic acids is 1. The number of nitrogens with zero attached hydrogens (tertiary/aromatic N) is 2. The van der Waals surface area contributed by atoms with E-state index >= 15 is 0 Å². The number of nitriles is 1. The third kappa shape index (κ3) is 5.25. The molecule has 6 nitrogen and oxygen atoms in total. The Labute approximate surface area is 148 Å². The topological polar surface area (TPSA) is 90.6 Å². The van der Waals surface area contributed by atoms with Crippen LogP contribution in [-0.2, 0) is 16.0 Å². The smallest absolute Gasteiger partial charge is 0.341 e. The molecule has 0 spiro atoms. The van der Waals surface area contributed by atoms with Crippen molar-refractivity contribution < 1.29 is 19.4 Å². The molecule has 0 aliphatic rings. The second-order valence-corrected chi connectivity index (χ2v) is 5.89. The van der Waals surface area contributed by atoms with E-state index in [2.05, 4.69) is 22.5 Å². The van der Waals surface area contributed by atoms with Crippen LogP contribution in [0.5, 0.6) is 5.75 Å². The van der Waals surface area contributed by atoms with Gasteiger partial charge in [-0.05, 0) is 51.7 Å². The van der Waals surface area contributed by atoms with E-state index in [0.29, 0.717) is 27.8 Å². The first-order valence-corrected chi connectivity index (χ1v) is 7.70. The fourth-order valence-corrected chi connectivity index (χ4v) is 2.54. The maximum atomic E-state index is 11.9. The summed E-state index contributed by atoms with van der Waals surface area (Å²) < 4.78 is 5.83. The van der Waals surface area contributed by atoms with E-state index in [-0.39, 0.29) is 5.57 Å². The maximum absolute atomic E-state index is 11.9.